The van der Waals surface area contributed by atoms with Gasteiger partial charge in [0.15, 0.2) is 0 Å². The maximum atomic E-state index is 11.8. The summed E-state index contributed by atoms with van der Waals surface area (Å²) >= 11 is 5.86. The summed E-state index contributed by atoms with van der Waals surface area (Å²) in [6, 6.07) is 5.09. The first kappa shape index (κ1) is 14.5. The number of carbonyl (C=O) groups is 2. The maximum absolute atomic E-state index is 11.8. The second-order valence-electron chi connectivity index (χ2n) is 4.30. The van der Waals surface area contributed by atoms with Gasteiger partial charge in [-0.3, -0.25) is 9.59 Å². The van der Waals surface area contributed by atoms with Crippen molar-refractivity contribution in [3.8, 4) is 0 Å². The van der Waals surface area contributed by atoms with Gasteiger partial charge in [-0.25, -0.2) is 0 Å². The molecule has 1 atom stereocenters. The number of carboxylic acid groups (broad SMARTS) is 1. The minimum atomic E-state index is -0.858. The van der Waals surface area contributed by atoms with Crippen molar-refractivity contribution < 1.29 is 14.7 Å². The minimum Gasteiger partial charge on any atom is -0.481 e. The molecule has 1 amide bonds. The van der Waals surface area contributed by atoms with Gasteiger partial charge in [0.25, 0.3) is 5.91 Å². The average Bonchev–Trinajstić information content (AvgIpc) is 2.27. The number of benzene rings is 1. The lowest BCUT2D eigenvalue weighted by Gasteiger charge is -2.08. The number of amides is 1. The van der Waals surface area contributed by atoms with Crippen molar-refractivity contribution in [2.75, 3.05) is 6.54 Å². The lowest BCUT2D eigenvalue weighted by Crippen LogP contribution is -2.27. The standard InChI is InChI=1S/C13H16ClNO3/c1-8-5-10(7-11(14)6-8)12(16)15-4-3-9(2)13(17)18/h5-7,9H,3-4H2,1-2H3,(H,15,16)(H,17,18). The van der Waals surface area contributed by atoms with E-state index in [0.29, 0.717) is 23.6 Å². The molecule has 1 unspecified atom stereocenters. The Morgan fingerprint density at radius 1 is 1.39 bits per heavy atom. The highest BCUT2D eigenvalue weighted by molar-refractivity contribution is 6.31. The molecule has 18 heavy (non-hydrogen) atoms. The second-order valence-corrected chi connectivity index (χ2v) is 4.74. The number of rotatable bonds is 5. The molecule has 0 fully saturated rings. The fourth-order valence-electron chi connectivity index (χ4n) is 1.50. The number of aliphatic carboxylic acids is 1. The number of hydrogen-bond donors (Lipinski definition) is 2. The molecule has 0 heterocycles. The summed E-state index contributed by atoms with van der Waals surface area (Å²) in [5.74, 6) is -1.56. The first-order valence-electron chi connectivity index (χ1n) is 5.68. The Bertz CT molecular complexity index is 439. The summed E-state index contributed by atoms with van der Waals surface area (Å²) in [4.78, 5) is 22.4. The van der Waals surface area contributed by atoms with E-state index in [2.05, 4.69) is 5.32 Å². The van der Waals surface area contributed by atoms with Crippen molar-refractivity contribution in [1.29, 1.82) is 0 Å². The lowest BCUT2D eigenvalue weighted by atomic mass is 10.1. The van der Waals surface area contributed by atoms with E-state index in [9.17, 15) is 9.59 Å². The lowest BCUT2D eigenvalue weighted by molar-refractivity contribution is -0.141. The Labute approximate surface area is 111 Å². The molecule has 1 aromatic rings. The average molecular weight is 270 g/mol. The van der Waals surface area contributed by atoms with Crippen LogP contribution in [-0.4, -0.2) is 23.5 Å². The molecule has 0 aliphatic heterocycles. The molecule has 0 aliphatic carbocycles. The highest BCUT2D eigenvalue weighted by Crippen LogP contribution is 2.14. The van der Waals surface area contributed by atoms with E-state index in [-0.39, 0.29) is 5.91 Å². The van der Waals surface area contributed by atoms with Gasteiger partial charge in [0.2, 0.25) is 0 Å². The van der Waals surface area contributed by atoms with E-state index in [1.54, 1.807) is 25.1 Å². The molecule has 0 bridgehead atoms. The van der Waals surface area contributed by atoms with Gasteiger partial charge in [0.1, 0.15) is 0 Å². The van der Waals surface area contributed by atoms with Gasteiger partial charge >= 0.3 is 5.97 Å². The quantitative estimate of drug-likeness (QED) is 0.863. The molecule has 1 aromatic carbocycles. The molecule has 5 heteroatoms. The summed E-state index contributed by atoms with van der Waals surface area (Å²) < 4.78 is 0. The first-order valence-corrected chi connectivity index (χ1v) is 6.06. The Hall–Kier alpha value is -1.55. The summed E-state index contributed by atoms with van der Waals surface area (Å²) in [5.41, 5.74) is 1.40. The number of carboxylic acids is 1. The number of nitrogens with one attached hydrogen (secondary N) is 1. The molecule has 0 aliphatic rings. The first-order chi connectivity index (χ1) is 8.40. The van der Waals surface area contributed by atoms with E-state index in [0.717, 1.165) is 5.56 Å². The van der Waals surface area contributed by atoms with Crippen LogP contribution in [0.3, 0.4) is 0 Å². The van der Waals surface area contributed by atoms with Crippen LogP contribution in [0.1, 0.15) is 29.3 Å². The van der Waals surface area contributed by atoms with Crippen LogP contribution in [0, 0.1) is 12.8 Å². The molecule has 0 radical (unpaired) electrons. The Morgan fingerprint density at radius 2 is 2.06 bits per heavy atom. The Morgan fingerprint density at radius 3 is 2.61 bits per heavy atom. The van der Waals surface area contributed by atoms with Gasteiger partial charge in [-0.2, -0.15) is 0 Å². The van der Waals surface area contributed by atoms with Crippen molar-refractivity contribution in [2.24, 2.45) is 5.92 Å². The van der Waals surface area contributed by atoms with Gasteiger partial charge in [0.05, 0.1) is 5.92 Å². The number of hydrogen-bond acceptors (Lipinski definition) is 2. The van der Waals surface area contributed by atoms with Crippen molar-refractivity contribution in [1.82, 2.24) is 5.32 Å². The molecule has 1 rings (SSSR count). The van der Waals surface area contributed by atoms with Gasteiger partial charge < -0.3 is 10.4 Å². The zero-order valence-electron chi connectivity index (χ0n) is 10.4. The van der Waals surface area contributed by atoms with E-state index >= 15 is 0 Å². The highest BCUT2D eigenvalue weighted by Gasteiger charge is 2.12. The number of carbonyl (C=O) groups excluding carboxylic acids is 1. The molecule has 0 saturated carbocycles. The van der Waals surface area contributed by atoms with Crippen molar-refractivity contribution in [2.45, 2.75) is 20.3 Å². The fourth-order valence-corrected chi connectivity index (χ4v) is 1.78. The highest BCUT2D eigenvalue weighted by atomic mass is 35.5. The molecule has 4 nitrogen and oxygen atoms in total. The maximum Gasteiger partial charge on any atom is 0.306 e. The van der Waals surface area contributed by atoms with E-state index in [4.69, 9.17) is 16.7 Å². The molecule has 0 saturated heterocycles. The third kappa shape index (κ3) is 4.37. The minimum absolute atomic E-state index is 0.238. The van der Waals surface area contributed by atoms with Crippen molar-refractivity contribution >= 4 is 23.5 Å². The number of aryl methyl sites for hydroxylation is 1. The van der Waals surface area contributed by atoms with Crippen LogP contribution < -0.4 is 5.32 Å². The molecule has 0 spiro atoms. The van der Waals surface area contributed by atoms with Crippen LogP contribution in [0.5, 0.6) is 0 Å². The SMILES string of the molecule is Cc1cc(Cl)cc(C(=O)NCCC(C)C(=O)O)c1. The monoisotopic (exact) mass is 269 g/mol. The smallest absolute Gasteiger partial charge is 0.306 e. The van der Waals surface area contributed by atoms with E-state index in [1.165, 1.54) is 0 Å². The Kier molecular flexibility index (Phi) is 5.16. The zero-order chi connectivity index (χ0) is 13.7. The molecular weight excluding hydrogens is 254 g/mol. The normalized spacial score (nSPS) is 11.9. The van der Waals surface area contributed by atoms with Crippen LogP contribution >= 0.6 is 11.6 Å². The Balaban J connectivity index is 2.53. The van der Waals surface area contributed by atoms with Crippen molar-refractivity contribution in [3.63, 3.8) is 0 Å². The second kappa shape index (κ2) is 6.40. The van der Waals surface area contributed by atoms with Gasteiger partial charge in [-0.1, -0.05) is 18.5 Å². The number of halogens is 1. The molecule has 2 N–H and O–H groups in total. The van der Waals surface area contributed by atoms with Gasteiger partial charge in [-0.15, -0.1) is 0 Å². The van der Waals surface area contributed by atoms with Crippen molar-refractivity contribution in [3.05, 3.63) is 34.3 Å². The summed E-state index contributed by atoms with van der Waals surface area (Å²) in [6.07, 6.45) is 0.403. The fraction of sp³-hybridized carbons (Fsp3) is 0.385. The van der Waals surface area contributed by atoms with Crippen LogP contribution in [0.25, 0.3) is 0 Å². The van der Waals surface area contributed by atoms with Gasteiger partial charge in [0, 0.05) is 17.1 Å². The summed E-state index contributed by atoms with van der Waals surface area (Å²) in [6.45, 7) is 3.80. The van der Waals surface area contributed by atoms with Crippen LogP contribution in [0.15, 0.2) is 18.2 Å². The van der Waals surface area contributed by atoms with Gasteiger partial charge in [-0.05, 0) is 37.1 Å². The molecular formula is C13H16ClNO3. The largest absolute Gasteiger partial charge is 0.481 e. The summed E-state index contributed by atoms with van der Waals surface area (Å²) in [5, 5.41) is 11.9. The van der Waals surface area contributed by atoms with E-state index in [1.807, 2.05) is 6.92 Å². The molecule has 98 valence electrons. The van der Waals surface area contributed by atoms with Crippen LogP contribution in [0.2, 0.25) is 5.02 Å². The predicted molar refractivity (Wildman–Crippen MR) is 69.9 cm³/mol. The van der Waals surface area contributed by atoms with Crippen LogP contribution in [0.4, 0.5) is 0 Å². The topological polar surface area (TPSA) is 66.4 Å². The predicted octanol–water partition coefficient (Wildman–Crippen LogP) is 2.49. The third-order valence-corrected chi connectivity index (χ3v) is 2.81. The van der Waals surface area contributed by atoms with E-state index < -0.39 is 11.9 Å². The summed E-state index contributed by atoms with van der Waals surface area (Å²) in [7, 11) is 0. The molecule has 0 aromatic heterocycles. The third-order valence-electron chi connectivity index (χ3n) is 2.59. The zero-order valence-corrected chi connectivity index (χ0v) is 11.1. The van der Waals surface area contributed by atoms with Crippen LogP contribution in [-0.2, 0) is 4.79 Å².